The Morgan fingerprint density at radius 2 is 2.00 bits per heavy atom. The number of alkyl halides is 6. The molecule has 0 radical (unpaired) electrons. The summed E-state index contributed by atoms with van der Waals surface area (Å²) in [5, 5.41) is -0.0000246. The lowest BCUT2D eigenvalue weighted by atomic mass is 10.2. The molecule has 1 aromatic heterocycles. The smallest absolute Gasteiger partial charge is 0.405 e. The van der Waals surface area contributed by atoms with E-state index < -0.39 is 29.7 Å². The second-order valence-electron chi connectivity index (χ2n) is 2.88. The Labute approximate surface area is 99.7 Å². The van der Waals surface area contributed by atoms with E-state index in [9.17, 15) is 26.7 Å². The van der Waals surface area contributed by atoms with Crippen LogP contribution in [-0.4, -0.2) is 11.3 Å². The summed E-state index contributed by atoms with van der Waals surface area (Å²) in [6.45, 7) is 0. The molecule has 0 atom stereocenters. The molecular weight excluding hydrogens is 317 g/mol. The highest BCUT2D eigenvalue weighted by Gasteiger charge is 2.34. The number of aromatic amines is 1. The van der Waals surface area contributed by atoms with Gasteiger partial charge in [-0.2, -0.15) is 0 Å². The van der Waals surface area contributed by atoms with Crippen LogP contribution >= 0.6 is 15.9 Å². The summed E-state index contributed by atoms with van der Waals surface area (Å²) in [7, 11) is 0. The maximum atomic E-state index is 12.4. The van der Waals surface area contributed by atoms with Crippen LogP contribution in [0.25, 0.3) is 0 Å². The minimum absolute atomic E-state index is 0.0000246. The maximum absolute atomic E-state index is 12.4. The number of H-pyrrole nitrogens is 1. The molecule has 3 nitrogen and oxygen atoms in total. The van der Waals surface area contributed by atoms with E-state index >= 15 is 0 Å². The Balaban J connectivity index is 3.33. The summed E-state index contributed by atoms with van der Waals surface area (Å²) < 4.78 is 64.1. The Bertz CT molecular complexity index is 456. The van der Waals surface area contributed by atoms with Gasteiger partial charge in [0.25, 0.3) is 12.0 Å². The molecule has 1 aromatic rings. The molecule has 1 rings (SSSR count). The van der Waals surface area contributed by atoms with Crippen molar-refractivity contribution in [2.24, 2.45) is 0 Å². The third-order valence-electron chi connectivity index (χ3n) is 1.68. The van der Waals surface area contributed by atoms with E-state index in [2.05, 4.69) is 20.7 Å². The average Bonchev–Trinajstić information content (AvgIpc) is 2.13. The monoisotopic (exact) mass is 321 g/mol. The number of pyridine rings is 1. The number of ether oxygens (including phenoxy) is 1. The fourth-order valence-electron chi connectivity index (χ4n) is 1.08. The topological polar surface area (TPSA) is 42.1 Å². The van der Waals surface area contributed by atoms with Gasteiger partial charge in [-0.05, 0) is 0 Å². The highest BCUT2D eigenvalue weighted by Crippen LogP contribution is 2.30. The fourth-order valence-corrected chi connectivity index (χ4v) is 1.39. The quantitative estimate of drug-likeness (QED) is 0.686. The second-order valence-corrected chi connectivity index (χ2v) is 3.44. The molecule has 0 unspecified atom stereocenters. The number of hydrogen-bond acceptors (Lipinski definition) is 2. The summed E-state index contributed by atoms with van der Waals surface area (Å²) in [4.78, 5) is 13.1. The maximum Gasteiger partial charge on any atom is 0.573 e. The molecule has 0 aromatic carbocycles. The predicted octanol–water partition coefficient (Wildman–Crippen LogP) is 3.11. The lowest BCUT2D eigenvalue weighted by Gasteiger charge is -2.13. The highest BCUT2D eigenvalue weighted by atomic mass is 79.9. The Morgan fingerprint density at radius 3 is 2.41 bits per heavy atom. The van der Waals surface area contributed by atoms with Gasteiger partial charge in [-0.1, -0.05) is 15.9 Å². The van der Waals surface area contributed by atoms with Crippen molar-refractivity contribution in [2.75, 3.05) is 0 Å². The lowest BCUT2D eigenvalue weighted by molar-refractivity contribution is -0.275. The minimum Gasteiger partial charge on any atom is -0.405 e. The molecule has 0 saturated heterocycles. The number of hydrogen-bond donors (Lipinski definition) is 1. The minimum atomic E-state index is -5.14. The van der Waals surface area contributed by atoms with Crippen molar-refractivity contribution in [2.45, 2.75) is 18.1 Å². The third-order valence-corrected chi connectivity index (χ3v) is 2.28. The molecule has 0 amide bonds. The molecule has 9 heteroatoms. The Morgan fingerprint density at radius 1 is 1.41 bits per heavy atom. The first kappa shape index (κ1) is 13.9. The van der Waals surface area contributed by atoms with Gasteiger partial charge in [0.15, 0.2) is 0 Å². The van der Waals surface area contributed by atoms with Gasteiger partial charge in [0.2, 0.25) is 0 Å². The van der Waals surface area contributed by atoms with Crippen molar-refractivity contribution in [1.29, 1.82) is 0 Å². The normalized spacial score (nSPS) is 11.9. The van der Waals surface area contributed by atoms with Crippen LogP contribution in [0.15, 0.2) is 10.9 Å². The molecular formula is C8H5BrF5NO2. The van der Waals surface area contributed by atoms with Gasteiger partial charge in [-0.25, -0.2) is 8.78 Å². The largest absolute Gasteiger partial charge is 0.573 e. The third kappa shape index (κ3) is 3.69. The van der Waals surface area contributed by atoms with Crippen LogP contribution in [0.4, 0.5) is 22.0 Å². The van der Waals surface area contributed by atoms with E-state index in [0.29, 0.717) is 6.07 Å². The summed E-state index contributed by atoms with van der Waals surface area (Å²) in [6.07, 6.45) is -8.50. The zero-order valence-electron chi connectivity index (χ0n) is 7.95. The zero-order chi connectivity index (χ0) is 13.2. The molecule has 0 spiro atoms. The van der Waals surface area contributed by atoms with Crippen molar-refractivity contribution < 1.29 is 26.7 Å². The number of rotatable bonds is 3. The first-order chi connectivity index (χ1) is 7.74. The van der Waals surface area contributed by atoms with E-state index in [1.54, 1.807) is 0 Å². The molecule has 0 aliphatic rings. The fraction of sp³-hybridized carbons (Fsp3) is 0.375. The van der Waals surface area contributed by atoms with Crippen LogP contribution in [0.5, 0.6) is 5.75 Å². The van der Waals surface area contributed by atoms with E-state index in [1.807, 2.05) is 4.98 Å². The van der Waals surface area contributed by atoms with Gasteiger partial charge >= 0.3 is 6.36 Å². The van der Waals surface area contributed by atoms with Crippen LogP contribution in [-0.2, 0) is 5.33 Å². The van der Waals surface area contributed by atoms with E-state index in [4.69, 9.17) is 0 Å². The standard InChI is InChI=1S/C8H5BrF5NO2/c9-2-3-1-4(17-8(12,13)14)5(6(10)11)7(16)15-3/h1,6H,2H2,(H,15,16). The van der Waals surface area contributed by atoms with Crippen LogP contribution in [0.3, 0.4) is 0 Å². The molecule has 0 bridgehead atoms. The van der Waals surface area contributed by atoms with Gasteiger partial charge in [0, 0.05) is 17.1 Å². The molecule has 17 heavy (non-hydrogen) atoms. The number of halogens is 6. The van der Waals surface area contributed by atoms with Crippen LogP contribution < -0.4 is 10.3 Å². The van der Waals surface area contributed by atoms with Gasteiger partial charge in [-0.3, -0.25) is 4.79 Å². The van der Waals surface area contributed by atoms with Gasteiger partial charge in [0.1, 0.15) is 11.3 Å². The van der Waals surface area contributed by atoms with Crippen molar-refractivity contribution in [3.63, 3.8) is 0 Å². The Kier molecular flexibility index (Phi) is 4.12. The summed E-state index contributed by atoms with van der Waals surface area (Å²) in [5.74, 6) is -1.19. The first-order valence-corrected chi connectivity index (χ1v) is 5.22. The first-order valence-electron chi connectivity index (χ1n) is 4.10. The van der Waals surface area contributed by atoms with Crippen LogP contribution in [0.2, 0.25) is 0 Å². The zero-order valence-corrected chi connectivity index (χ0v) is 9.53. The van der Waals surface area contributed by atoms with Gasteiger partial charge in [0.05, 0.1) is 0 Å². The lowest BCUT2D eigenvalue weighted by Crippen LogP contribution is -2.23. The molecule has 0 saturated carbocycles. The Hall–Kier alpha value is -1.12. The summed E-state index contributed by atoms with van der Waals surface area (Å²) in [6, 6.07) is 0.700. The average molecular weight is 322 g/mol. The second kappa shape index (κ2) is 5.03. The molecule has 1 heterocycles. The van der Waals surface area contributed by atoms with Crippen molar-refractivity contribution >= 4 is 15.9 Å². The molecule has 0 aliphatic heterocycles. The summed E-state index contributed by atoms with van der Waals surface area (Å²) in [5.41, 5.74) is -2.65. The van der Waals surface area contributed by atoms with E-state index in [1.165, 1.54) is 0 Å². The van der Waals surface area contributed by atoms with Crippen molar-refractivity contribution in [1.82, 2.24) is 4.98 Å². The van der Waals surface area contributed by atoms with Gasteiger partial charge in [-0.15, -0.1) is 13.2 Å². The molecule has 0 fully saturated rings. The van der Waals surface area contributed by atoms with Crippen LogP contribution in [0.1, 0.15) is 17.7 Å². The highest BCUT2D eigenvalue weighted by molar-refractivity contribution is 9.08. The van der Waals surface area contributed by atoms with Crippen LogP contribution in [0, 0.1) is 0 Å². The van der Waals surface area contributed by atoms with Crippen molar-refractivity contribution in [3.8, 4) is 5.75 Å². The SMILES string of the molecule is O=c1[nH]c(CBr)cc(OC(F)(F)F)c1C(F)F. The van der Waals surface area contributed by atoms with Crippen molar-refractivity contribution in [3.05, 3.63) is 27.7 Å². The van der Waals surface area contributed by atoms with E-state index in [-0.39, 0.29) is 11.0 Å². The molecule has 96 valence electrons. The number of nitrogens with one attached hydrogen (secondary N) is 1. The number of aromatic nitrogens is 1. The van der Waals surface area contributed by atoms with E-state index in [0.717, 1.165) is 0 Å². The predicted molar refractivity (Wildman–Crippen MR) is 51.3 cm³/mol. The molecule has 1 N–H and O–H groups in total. The summed E-state index contributed by atoms with van der Waals surface area (Å²) >= 11 is 2.87. The van der Waals surface area contributed by atoms with Gasteiger partial charge < -0.3 is 9.72 Å². The molecule has 0 aliphatic carbocycles.